The van der Waals surface area contributed by atoms with Crippen molar-refractivity contribution in [2.75, 3.05) is 26.2 Å². The van der Waals surface area contributed by atoms with Gasteiger partial charge in [-0.1, -0.05) is 60.7 Å². The maximum Gasteiger partial charge on any atom is 0.232 e. The summed E-state index contributed by atoms with van der Waals surface area (Å²) in [5.74, 6) is -0.155. The van der Waals surface area contributed by atoms with Crippen LogP contribution in [0.5, 0.6) is 0 Å². The van der Waals surface area contributed by atoms with Gasteiger partial charge in [0, 0.05) is 13.1 Å². The van der Waals surface area contributed by atoms with Crippen LogP contribution in [0.25, 0.3) is 0 Å². The SMILES string of the molecule is O=C(NCCN1CCCC1)C(c1ccccc1)c1ccccc1.[Cl-]. The molecule has 3 nitrogen and oxygen atoms in total. The second-order valence-corrected chi connectivity index (χ2v) is 6.09. The molecule has 128 valence electrons. The molecular weight excluding hydrogens is 320 g/mol. The topological polar surface area (TPSA) is 32.3 Å². The molecule has 0 unspecified atom stereocenters. The highest BCUT2D eigenvalue weighted by atomic mass is 35.5. The fraction of sp³-hybridized carbons (Fsp3) is 0.350. The Hall–Kier alpha value is -1.84. The summed E-state index contributed by atoms with van der Waals surface area (Å²) >= 11 is 0. The molecule has 0 saturated carbocycles. The van der Waals surface area contributed by atoms with Gasteiger partial charge in [0.15, 0.2) is 0 Å². The standard InChI is InChI=1S/C20H24N2O.ClH/c23-20(21-13-16-22-14-7-8-15-22)19(17-9-3-1-4-10-17)18-11-5-2-6-12-18;/h1-6,9-12,19H,7-8,13-16H2,(H,21,23);1H/p-1. The van der Waals surface area contributed by atoms with E-state index in [0.29, 0.717) is 0 Å². The Labute approximate surface area is 150 Å². The molecule has 0 aliphatic carbocycles. The number of hydrogen-bond donors (Lipinski definition) is 1. The van der Waals surface area contributed by atoms with E-state index < -0.39 is 0 Å². The van der Waals surface area contributed by atoms with Gasteiger partial charge in [-0.2, -0.15) is 0 Å². The number of rotatable bonds is 6. The molecule has 0 atom stereocenters. The monoisotopic (exact) mass is 343 g/mol. The van der Waals surface area contributed by atoms with Gasteiger partial charge in [-0.3, -0.25) is 4.79 Å². The van der Waals surface area contributed by atoms with E-state index in [4.69, 9.17) is 0 Å². The normalized spacial score (nSPS) is 14.4. The molecule has 4 heteroatoms. The summed E-state index contributed by atoms with van der Waals surface area (Å²) in [4.78, 5) is 15.2. The minimum Gasteiger partial charge on any atom is -1.00 e. The van der Waals surface area contributed by atoms with Gasteiger partial charge in [0.05, 0.1) is 5.92 Å². The van der Waals surface area contributed by atoms with Crippen molar-refractivity contribution in [3.05, 3.63) is 71.8 Å². The maximum atomic E-state index is 12.8. The zero-order valence-corrected chi connectivity index (χ0v) is 14.6. The molecule has 2 aromatic carbocycles. The zero-order valence-electron chi connectivity index (χ0n) is 13.8. The van der Waals surface area contributed by atoms with Crippen LogP contribution in [-0.4, -0.2) is 37.0 Å². The molecule has 0 spiro atoms. The van der Waals surface area contributed by atoms with Gasteiger partial charge in [-0.25, -0.2) is 0 Å². The van der Waals surface area contributed by atoms with Crippen molar-refractivity contribution in [3.63, 3.8) is 0 Å². The molecule has 3 rings (SSSR count). The van der Waals surface area contributed by atoms with Crippen LogP contribution in [0.3, 0.4) is 0 Å². The highest BCUT2D eigenvalue weighted by Gasteiger charge is 2.22. The summed E-state index contributed by atoms with van der Waals surface area (Å²) < 4.78 is 0. The summed E-state index contributed by atoms with van der Waals surface area (Å²) in [5, 5.41) is 3.13. The number of likely N-dealkylation sites (tertiary alicyclic amines) is 1. The number of nitrogens with one attached hydrogen (secondary N) is 1. The number of benzene rings is 2. The van der Waals surface area contributed by atoms with Crippen molar-refractivity contribution in [3.8, 4) is 0 Å². The lowest BCUT2D eigenvalue weighted by Gasteiger charge is -2.20. The lowest BCUT2D eigenvalue weighted by Crippen LogP contribution is -3.00. The van der Waals surface area contributed by atoms with Crippen molar-refractivity contribution >= 4 is 5.91 Å². The number of halogens is 1. The highest BCUT2D eigenvalue weighted by Crippen LogP contribution is 2.24. The van der Waals surface area contributed by atoms with Crippen LogP contribution in [0.1, 0.15) is 29.9 Å². The lowest BCUT2D eigenvalue weighted by molar-refractivity contribution is -0.121. The largest absolute Gasteiger partial charge is 1.00 e. The number of nitrogens with zero attached hydrogens (tertiary/aromatic N) is 1. The average molecular weight is 344 g/mol. The molecule has 1 aliphatic rings. The third-order valence-electron chi connectivity index (χ3n) is 4.45. The summed E-state index contributed by atoms with van der Waals surface area (Å²) in [5.41, 5.74) is 2.08. The fourth-order valence-corrected chi connectivity index (χ4v) is 3.23. The van der Waals surface area contributed by atoms with Crippen LogP contribution >= 0.6 is 0 Å². The second kappa shape index (κ2) is 9.45. The summed E-state index contributed by atoms with van der Waals surface area (Å²) in [6.45, 7) is 3.99. The fourth-order valence-electron chi connectivity index (χ4n) is 3.23. The number of carbonyl (C=O) groups excluding carboxylic acids is 1. The summed E-state index contributed by atoms with van der Waals surface area (Å²) in [7, 11) is 0. The summed E-state index contributed by atoms with van der Waals surface area (Å²) in [6.07, 6.45) is 2.56. The highest BCUT2D eigenvalue weighted by molar-refractivity contribution is 5.87. The Balaban J connectivity index is 0.00000208. The quantitative estimate of drug-likeness (QED) is 0.803. The van der Waals surface area contributed by atoms with Crippen molar-refractivity contribution < 1.29 is 17.2 Å². The first kappa shape index (κ1) is 18.5. The molecule has 0 radical (unpaired) electrons. The molecule has 0 bridgehead atoms. The third kappa shape index (κ3) is 4.83. The van der Waals surface area contributed by atoms with Gasteiger partial charge in [-0.05, 0) is 37.1 Å². The van der Waals surface area contributed by atoms with Crippen LogP contribution in [0.15, 0.2) is 60.7 Å². The minimum atomic E-state index is -0.240. The van der Waals surface area contributed by atoms with Crippen LogP contribution in [-0.2, 0) is 4.79 Å². The Bertz CT molecular complexity index is 573. The van der Waals surface area contributed by atoms with Gasteiger partial charge in [0.25, 0.3) is 0 Å². The molecule has 1 fully saturated rings. The molecule has 1 aliphatic heterocycles. The van der Waals surface area contributed by atoms with Crippen LogP contribution < -0.4 is 17.7 Å². The van der Waals surface area contributed by atoms with Crippen molar-refractivity contribution in [2.45, 2.75) is 18.8 Å². The van der Waals surface area contributed by atoms with Crippen LogP contribution in [0.2, 0.25) is 0 Å². The van der Waals surface area contributed by atoms with E-state index in [1.165, 1.54) is 12.8 Å². The molecule has 1 saturated heterocycles. The number of hydrogen-bond acceptors (Lipinski definition) is 2. The smallest absolute Gasteiger partial charge is 0.232 e. The summed E-state index contributed by atoms with van der Waals surface area (Å²) in [6, 6.07) is 20.0. The number of carbonyl (C=O) groups is 1. The molecular formula is C20H24ClN2O-. The van der Waals surface area contributed by atoms with Gasteiger partial charge in [0.1, 0.15) is 0 Å². The minimum absolute atomic E-state index is 0. The Morgan fingerprint density at radius 3 is 1.92 bits per heavy atom. The van der Waals surface area contributed by atoms with Gasteiger partial charge in [0.2, 0.25) is 5.91 Å². The van der Waals surface area contributed by atoms with Gasteiger partial charge in [-0.15, -0.1) is 0 Å². The van der Waals surface area contributed by atoms with E-state index >= 15 is 0 Å². The molecule has 1 heterocycles. The Morgan fingerprint density at radius 2 is 1.42 bits per heavy atom. The van der Waals surface area contributed by atoms with Crippen molar-refractivity contribution in [2.24, 2.45) is 0 Å². The van der Waals surface area contributed by atoms with Gasteiger partial charge < -0.3 is 22.6 Å². The lowest BCUT2D eigenvalue weighted by atomic mass is 9.90. The van der Waals surface area contributed by atoms with Crippen molar-refractivity contribution in [1.82, 2.24) is 10.2 Å². The molecule has 2 aromatic rings. The first-order chi connectivity index (χ1) is 11.3. The second-order valence-electron chi connectivity index (χ2n) is 6.09. The van der Waals surface area contributed by atoms with E-state index in [1.54, 1.807) is 0 Å². The number of amides is 1. The predicted molar refractivity (Wildman–Crippen MR) is 93.4 cm³/mol. The molecule has 1 N–H and O–H groups in total. The van der Waals surface area contributed by atoms with E-state index in [-0.39, 0.29) is 24.2 Å². The van der Waals surface area contributed by atoms with Gasteiger partial charge >= 0.3 is 0 Å². The van der Waals surface area contributed by atoms with E-state index in [9.17, 15) is 4.79 Å². The zero-order chi connectivity index (χ0) is 15.9. The Morgan fingerprint density at radius 1 is 0.917 bits per heavy atom. The third-order valence-corrected chi connectivity index (χ3v) is 4.45. The molecule has 24 heavy (non-hydrogen) atoms. The Kier molecular flexibility index (Phi) is 7.29. The van der Waals surface area contributed by atoms with Crippen molar-refractivity contribution in [1.29, 1.82) is 0 Å². The van der Waals surface area contributed by atoms with E-state index in [1.807, 2.05) is 60.7 Å². The van der Waals surface area contributed by atoms with E-state index in [0.717, 1.165) is 37.3 Å². The van der Waals surface area contributed by atoms with Crippen LogP contribution in [0, 0.1) is 0 Å². The first-order valence-electron chi connectivity index (χ1n) is 8.44. The maximum absolute atomic E-state index is 12.8. The predicted octanol–water partition coefficient (Wildman–Crippen LogP) is 0.0345. The average Bonchev–Trinajstić information content (AvgIpc) is 3.10. The van der Waals surface area contributed by atoms with E-state index in [2.05, 4.69) is 10.2 Å². The van der Waals surface area contributed by atoms with Crippen LogP contribution in [0.4, 0.5) is 0 Å². The molecule has 1 amide bonds. The molecule has 0 aromatic heterocycles. The first-order valence-corrected chi connectivity index (χ1v) is 8.44.